The maximum Gasteiger partial charge on any atom is 0.328 e. The van der Waals surface area contributed by atoms with Crippen LogP contribution >= 0.6 is 0 Å². The van der Waals surface area contributed by atoms with E-state index in [0.29, 0.717) is 18.9 Å². The zero-order valence-corrected chi connectivity index (χ0v) is 11.2. The number of benzene rings is 1. The van der Waals surface area contributed by atoms with Gasteiger partial charge >= 0.3 is 5.97 Å². The number of hydrogen-bond acceptors (Lipinski definition) is 4. The number of methoxy groups -OCH3 is 1. The van der Waals surface area contributed by atoms with Crippen molar-refractivity contribution in [1.82, 2.24) is 4.90 Å². The molecule has 1 aromatic carbocycles. The van der Waals surface area contributed by atoms with Gasteiger partial charge in [0.25, 0.3) is 0 Å². The molecule has 1 heterocycles. The van der Waals surface area contributed by atoms with Gasteiger partial charge in [-0.05, 0) is 6.07 Å². The highest BCUT2D eigenvalue weighted by Gasteiger charge is 2.32. The smallest absolute Gasteiger partial charge is 0.328 e. The summed E-state index contributed by atoms with van der Waals surface area (Å²) in [5.41, 5.74) is 0.746. The van der Waals surface area contributed by atoms with E-state index in [9.17, 15) is 9.59 Å². The molecule has 0 aliphatic carbocycles. The molecule has 0 spiro atoms. The first-order chi connectivity index (χ1) is 9.63. The number of carboxylic acid groups (broad SMARTS) is 1. The third kappa shape index (κ3) is 3.08. The van der Waals surface area contributed by atoms with Gasteiger partial charge in [0.1, 0.15) is 5.75 Å². The summed E-state index contributed by atoms with van der Waals surface area (Å²) in [5, 5.41) is 9.13. The fourth-order valence-electron chi connectivity index (χ4n) is 2.22. The molecule has 0 saturated carbocycles. The lowest BCUT2D eigenvalue weighted by Crippen LogP contribution is -2.53. The Bertz CT molecular complexity index is 502. The highest BCUT2D eigenvalue weighted by atomic mass is 16.5. The van der Waals surface area contributed by atoms with Gasteiger partial charge in [-0.25, -0.2) is 4.79 Å². The molecule has 1 fully saturated rings. The number of nitrogens with zero attached hydrogens (tertiary/aromatic N) is 1. The molecule has 0 radical (unpaired) electrons. The first-order valence-electron chi connectivity index (χ1n) is 6.35. The summed E-state index contributed by atoms with van der Waals surface area (Å²) < 4.78 is 10.3. The van der Waals surface area contributed by atoms with Crippen molar-refractivity contribution in [3.05, 3.63) is 29.8 Å². The molecular formula is C14H17NO5. The average molecular weight is 279 g/mol. The van der Waals surface area contributed by atoms with Crippen LogP contribution in [0.25, 0.3) is 0 Å². The van der Waals surface area contributed by atoms with Crippen LogP contribution in [0.1, 0.15) is 5.56 Å². The predicted octanol–water partition coefficient (Wildman–Crippen LogP) is 0.550. The Morgan fingerprint density at radius 1 is 1.45 bits per heavy atom. The molecule has 1 aliphatic heterocycles. The summed E-state index contributed by atoms with van der Waals surface area (Å²) in [4.78, 5) is 24.8. The minimum absolute atomic E-state index is 0.0347. The van der Waals surface area contributed by atoms with Crippen LogP contribution in [0.5, 0.6) is 5.75 Å². The van der Waals surface area contributed by atoms with Gasteiger partial charge in [0, 0.05) is 12.1 Å². The lowest BCUT2D eigenvalue weighted by Gasteiger charge is -2.33. The SMILES string of the molecule is COc1ccccc1CC(=O)N1CCOC[C@H]1C(=O)O. The van der Waals surface area contributed by atoms with Crippen molar-refractivity contribution in [2.75, 3.05) is 26.9 Å². The molecule has 1 N–H and O–H groups in total. The van der Waals surface area contributed by atoms with E-state index in [-0.39, 0.29) is 18.9 Å². The normalized spacial score (nSPS) is 18.6. The van der Waals surface area contributed by atoms with Crippen LogP contribution in [0.15, 0.2) is 24.3 Å². The lowest BCUT2D eigenvalue weighted by atomic mass is 10.1. The second kappa shape index (κ2) is 6.38. The van der Waals surface area contributed by atoms with Crippen LogP contribution in [0.3, 0.4) is 0 Å². The second-order valence-corrected chi connectivity index (χ2v) is 4.50. The quantitative estimate of drug-likeness (QED) is 0.871. The fraction of sp³-hybridized carbons (Fsp3) is 0.429. The average Bonchev–Trinajstić information content (AvgIpc) is 2.47. The molecule has 108 valence electrons. The number of carbonyl (C=O) groups is 2. The number of ether oxygens (including phenoxy) is 2. The first-order valence-corrected chi connectivity index (χ1v) is 6.35. The number of rotatable bonds is 4. The molecule has 0 unspecified atom stereocenters. The molecule has 6 heteroatoms. The fourth-order valence-corrected chi connectivity index (χ4v) is 2.22. The van der Waals surface area contributed by atoms with Crippen LogP contribution in [-0.2, 0) is 20.7 Å². The Labute approximate surface area is 116 Å². The first kappa shape index (κ1) is 14.3. The second-order valence-electron chi connectivity index (χ2n) is 4.50. The van der Waals surface area contributed by atoms with E-state index in [1.807, 2.05) is 12.1 Å². The van der Waals surface area contributed by atoms with E-state index in [1.54, 1.807) is 12.1 Å². The predicted molar refractivity (Wildman–Crippen MR) is 70.7 cm³/mol. The van der Waals surface area contributed by atoms with Gasteiger partial charge in [-0.3, -0.25) is 4.79 Å². The maximum absolute atomic E-state index is 12.3. The van der Waals surface area contributed by atoms with Crippen LogP contribution in [0.2, 0.25) is 0 Å². The summed E-state index contributed by atoms with van der Waals surface area (Å²) in [6.45, 7) is 0.694. The Morgan fingerprint density at radius 2 is 2.20 bits per heavy atom. The number of amides is 1. The number of para-hydroxylation sites is 1. The third-order valence-electron chi connectivity index (χ3n) is 3.27. The van der Waals surface area contributed by atoms with Crippen LogP contribution in [-0.4, -0.2) is 54.8 Å². The van der Waals surface area contributed by atoms with E-state index in [2.05, 4.69) is 0 Å². The zero-order chi connectivity index (χ0) is 14.5. The largest absolute Gasteiger partial charge is 0.496 e. The van der Waals surface area contributed by atoms with Crippen molar-refractivity contribution in [2.24, 2.45) is 0 Å². The molecular weight excluding hydrogens is 262 g/mol. The summed E-state index contributed by atoms with van der Waals surface area (Å²) in [6, 6.07) is 6.30. The molecule has 6 nitrogen and oxygen atoms in total. The van der Waals surface area contributed by atoms with Crippen LogP contribution < -0.4 is 4.74 Å². The van der Waals surface area contributed by atoms with Crippen molar-refractivity contribution in [3.8, 4) is 5.75 Å². The minimum atomic E-state index is -1.04. The van der Waals surface area contributed by atoms with Crippen molar-refractivity contribution in [3.63, 3.8) is 0 Å². The monoisotopic (exact) mass is 279 g/mol. The maximum atomic E-state index is 12.3. The Morgan fingerprint density at radius 3 is 2.90 bits per heavy atom. The molecule has 2 rings (SSSR count). The van der Waals surface area contributed by atoms with E-state index in [1.165, 1.54) is 12.0 Å². The highest BCUT2D eigenvalue weighted by molar-refractivity contribution is 5.85. The molecule has 1 saturated heterocycles. The molecule has 1 aromatic rings. The number of carboxylic acids is 1. The Hall–Kier alpha value is -2.08. The van der Waals surface area contributed by atoms with E-state index in [0.717, 1.165) is 5.56 Å². The molecule has 0 bridgehead atoms. The standard InChI is InChI=1S/C14H17NO5/c1-19-12-5-3-2-4-10(12)8-13(16)15-6-7-20-9-11(15)14(17)18/h2-5,11H,6-9H2,1H3,(H,17,18)/t11-/m0/s1. The molecule has 0 aromatic heterocycles. The van der Waals surface area contributed by atoms with E-state index < -0.39 is 12.0 Å². The van der Waals surface area contributed by atoms with E-state index >= 15 is 0 Å². The summed E-state index contributed by atoms with van der Waals surface area (Å²) >= 11 is 0. The van der Waals surface area contributed by atoms with Gasteiger partial charge in [-0.15, -0.1) is 0 Å². The number of carbonyl (C=O) groups excluding carboxylic acids is 1. The third-order valence-corrected chi connectivity index (χ3v) is 3.27. The molecule has 1 atom stereocenters. The summed E-state index contributed by atoms with van der Waals surface area (Å²) in [7, 11) is 1.54. The van der Waals surface area contributed by atoms with Crippen molar-refractivity contribution >= 4 is 11.9 Å². The van der Waals surface area contributed by atoms with Crippen LogP contribution in [0.4, 0.5) is 0 Å². The number of aliphatic carboxylic acids is 1. The van der Waals surface area contributed by atoms with Crippen molar-refractivity contribution in [1.29, 1.82) is 0 Å². The lowest BCUT2D eigenvalue weighted by molar-refractivity contribution is -0.158. The minimum Gasteiger partial charge on any atom is -0.496 e. The Kier molecular flexibility index (Phi) is 4.57. The van der Waals surface area contributed by atoms with Gasteiger partial charge in [0.05, 0.1) is 26.7 Å². The summed E-state index contributed by atoms with van der Waals surface area (Å²) in [6.07, 6.45) is 0.119. The highest BCUT2D eigenvalue weighted by Crippen LogP contribution is 2.19. The summed E-state index contributed by atoms with van der Waals surface area (Å²) in [5.74, 6) is -0.649. The zero-order valence-electron chi connectivity index (χ0n) is 11.2. The van der Waals surface area contributed by atoms with Crippen molar-refractivity contribution < 1.29 is 24.2 Å². The van der Waals surface area contributed by atoms with Gasteiger partial charge in [-0.1, -0.05) is 18.2 Å². The Balaban J connectivity index is 2.12. The molecule has 1 aliphatic rings. The van der Waals surface area contributed by atoms with E-state index in [4.69, 9.17) is 14.6 Å². The van der Waals surface area contributed by atoms with Gasteiger partial charge < -0.3 is 19.5 Å². The van der Waals surface area contributed by atoms with Gasteiger partial charge in [0.2, 0.25) is 5.91 Å². The van der Waals surface area contributed by atoms with Crippen molar-refractivity contribution in [2.45, 2.75) is 12.5 Å². The molecule has 1 amide bonds. The van der Waals surface area contributed by atoms with Gasteiger partial charge in [-0.2, -0.15) is 0 Å². The van der Waals surface area contributed by atoms with Crippen LogP contribution in [0, 0.1) is 0 Å². The number of morpholine rings is 1. The van der Waals surface area contributed by atoms with Gasteiger partial charge in [0.15, 0.2) is 6.04 Å². The molecule has 20 heavy (non-hydrogen) atoms. The number of hydrogen-bond donors (Lipinski definition) is 1. The topological polar surface area (TPSA) is 76.1 Å².